The predicted octanol–water partition coefficient (Wildman–Crippen LogP) is 2.50. The van der Waals surface area contributed by atoms with E-state index in [2.05, 4.69) is 17.1 Å². The van der Waals surface area contributed by atoms with E-state index in [1.807, 2.05) is 59.5 Å². The van der Waals surface area contributed by atoms with Gasteiger partial charge in [-0.2, -0.15) is 0 Å². The van der Waals surface area contributed by atoms with Crippen molar-refractivity contribution < 1.29 is 19.1 Å². The molecule has 184 valence electrons. The van der Waals surface area contributed by atoms with Gasteiger partial charge in [0.2, 0.25) is 17.7 Å². The summed E-state index contributed by atoms with van der Waals surface area (Å²) in [5.74, 6) is 0.0974. The third kappa shape index (κ3) is 5.09. The van der Waals surface area contributed by atoms with Gasteiger partial charge in [-0.1, -0.05) is 42.5 Å². The SMILES string of the molecule is C[C@]1(C2CCN(CC(=O)N3CC(=O)Nc4ccccc43)CC2)CN(Cc2ccccc2)C(=O)CO1. The summed E-state index contributed by atoms with van der Waals surface area (Å²) >= 11 is 0. The Morgan fingerprint density at radius 2 is 1.77 bits per heavy atom. The van der Waals surface area contributed by atoms with Crippen molar-refractivity contribution >= 4 is 29.1 Å². The molecule has 3 aliphatic heterocycles. The van der Waals surface area contributed by atoms with Gasteiger partial charge in [0.25, 0.3) is 0 Å². The number of para-hydroxylation sites is 2. The molecule has 0 radical (unpaired) electrons. The molecule has 8 nitrogen and oxygen atoms in total. The van der Waals surface area contributed by atoms with Crippen LogP contribution < -0.4 is 10.2 Å². The molecule has 0 aliphatic carbocycles. The Kier molecular flexibility index (Phi) is 6.58. The highest BCUT2D eigenvalue weighted by atomic mass is 16.5. The van der Waals surface area contributed by atoms with Gasteiger partial charge in [0.05, 0.1) is 30.1 Å². The second-order valence-electron chi connectivity index (χ2n) is 9.93. The zero-order valence-corrected chi connectivity index (χ0v) is 20.1. The minimum absolute atomic E-state index is 0.0280. The Morgan fingerprint density at radius 1 is 1.06 bits per heavy atom. The van der Waals surface area contributed by atoms with E-state index in [1.165, 1.54) is 0 Å². The lowest BCUT2D eigenvalue weighted by Crippen LogP contribution is -2.58. The van der Waals surface area contributed by atoms with Gasteiger partial charge in [0, 0.05) is 6.54 Å². The van der Waals surface area contributed by atoms with E-state index < -0.39 is 5.60 Å². The first-order chi connectivity index (χ1) is 16.9. The van der Waals surface area contributed by atoms with Crippen molar-refractivity contribution in [2.45, 2.75) is 31.9 Å². The summed E-state index contributed by atoms with van der Waals surface area (Å²) in [6.07, 6.45) is 1.79. The highest BCUT2D eigenvalue weighted by Gasteiger charge is 2.43. The molecule has 1 N–H and O–H groups in total. The van der Waals surface area contributed by atoms with Gasteiger partial charge in [-0.15, -0.1) is 0 Å². The van der Waals surface area contributed by atoms with Gasteiger partial charge in [-0.3, -0.25) is 24.2 Å². The van der Waals surface area contributed by atoms with Gasteiger partial charge in [0.1, 0.15) is 13.2 Å². The van der Waals surface area contributed by atoms with Crippen LogP contribution in [0.4, 0.5) is 11.4 Å². The number of morpholine rings is 1. The number of hydrogen-bond acceptors (Lipinski definition) is 5. The number of piperidine rings is 1. The molecule has 5 rings (SSSR count). The number of rotatable bonds is 5. The number of fused-ring (bicyclic) bond motifs is 1. The third-order valence-corrected chi connectivity index (χ3v) is 7.48. The van der Waals surface area contributed by atoms with Crippen LogP contribution in [0, 0.1) is 5.92 Å². The topological polar surface area (TPSA) is 82.2 Å². The number of likely N-dealkylation sites (tertiary alicyclic amines) is 1. The van der Waals surface area contributed by atoms with Crippen LogP contribution in [-0.2, 0) is 25.7 Å². The minimum atomic E-state index is -0.400. The molecule has 0 unspecified atom stereocenters. The number of benzene rings is 2. The van der Waals surface area contributed by atoms with Crippen LogP contribution in [0.15, 0.2) is 54.6 Å². The number of anilines is 2. The first-order valence-electron chi connectivity index (χ1n) is 12.3. The number of carbonyl (C=O) groups excluding carboxylic acids is 3. The van der Waals surface area contributed by atoms with Gasteiger partial charge in [-0.05, 0) is 56.5 Å². The van der Waals surface area contributed by atoms with E-state index in [-0.39, 0.29) is 37.4 Å². The smallest absolute Gasteiger partial charge is 0.248 e. The molecule has 2 aromatic carbocycles. The first kappa shape index (κ1) is 23.5. The maximum atomic E-state index is 13.1. The second-order valence-corrected chi connectivity index (χ2v) is 9.93. The Morgan fingerprint density at radius 3 is 2.54 bits per heavy atom. The zero-order chi connectivity index (χ0) is 24.4. The fourth-order valence-corrected chi connectivity index (χ4v) is 5.46. The van der Waals surface area contributed by atoms with Gasteiger partial charge in [0.15, 0.2) is 0 Å². The number of hydrogen-bond donors (Lipinski definition) is 1. The van der Waals surface area contributed by atoms with Crippen LogP contribution in [0.25, 0.3) is 0 Å². The van der Waals surface area contributed by atoms with E-state index in [4.69, 9.17) is 4.74 Å². The van der Waals surface area contributed by atoms with Crippen LogP contribution in [0.3, 0.4) is 0 Å². The van der Waals surface area contributed by atoms with Gasteiger partial charge >= 0.3 is 0 Å². The second kappa shape index (κ2) is 9.79. The summed E-state index contributed by atoms with van der Waals surface area (Å²) in [5.41, 5.74) is 2.14. The summed E-state index contributed by atoms with van der Waals surface area (Å²) in [6, 6.07) is 17.4. The molecule has 3 amide bonds. The molecule has 0 saturated carbocycles. The summed E-state index contributed by atoms with van der Waals surface area (Å²) in [5, 5.41) is 2.83. The van der Waals surface area contributed by atoms with E-state index in [1.54, 1.807) is 4.90 Å². The van der Waals surface area contributed by atoms with Crippen LogP contribution in [0.1, 0.15) is 25.3 Å². The lowest BCUT2D eigenvalue weighted by Gasteiger charge is -2.47. The lowest BCUT2D eigenvalue weighted by molar-refractivity contribution is -0.174. The van der Waals surface area contributed by atoms with Crippen LogP contribution in [-0.4, -0.2) is 72.5 Å². The maximum Gasteiger partial charge on any atom is 0.248 e. The first-order valence-corrected chi connectivity index (χ1v) is 12.3. The molecule has 0 spiro atoms. The van der Waals surface area contributed by atoms with Crippen molar-refractivity contribution in [3.05, 3.63) is 60.2 Å². The number of ether oxygens (including phenoxy) is 1. The van der Waals surface area contributed by atoms with Crippen molar-refractivity contribution in [2.24, 2.45) is 5.92 Å². The Hall–Kier alpha value is -3.23. The van der Waals surface area contributed by atoms with Crippen molar-refractivity contribution in [1.82, 2.24) is 9.80 Å². The molecule has 0 bridgehead atoms. The molecule has 0 aromatic heterocycles. The maximum absolute atomic E-state index is 13.1. The molecule has 3 heterocycles. The highest BCUT2D eigenvalue weighted by Crippen LogP contribution is 2.35. The van der Waals surface area contributed by atoms with Gasteiger partial charge < -0.3 is 15.0 Å². The van der Waals surface area contributed by atoms with Crippen molar-refractivity contribution in [1.29, 1.82) is 0 Å². The predicted molar refractivity (Wildman–Crippen MR) is 133 cm³/mol. The van der Waals surface area contributed by atoms with E-state index in [0.29, 0.717) is 24.7 Å². The number of amides is 3. The van der Waals surface area contributed by atoms with Crippen molar-refractivity contribution in [3.8, 4) is 0 Å². The zero-order valence-electron chi connectivity index (χ0n) is 20.1. The van der Waals surface area contributed by atoms with Crippen LogP contribution >= 0.6 is 0 Å². The van der Waals surface area contributed by atoms with Crippen LogP contribution in [0.2, 0.25) is 0 Å². The van der Waals surface area contributed by atoms with Crippen LogP contribution in [0.5, 0.6) is 0 Å². The Balaban J connectivity index is 1.18. The lowest BCUT2D eigenvalue weighted by atomic mass is 9.80. The summed E-state index contributed by atoms with van der Waals surface area (Å²) in [4.78, 5) is 43.4. The number of carbonyl (C=O) groups is 3. The van der Waals surface area contributed by atoms with E-state index >= 15 is 0 Å². The van der Waals surface area contributed by atoms with E-state index in [0.717, 1.165) is 37.2 Å². The monoisotopic (exact) mass is 476 g/mol. The molecule has 2 saturated heterocycles. The quantitative estimate of drug-likeness (QED) is 0.717. The average Bonchev–Trinajstić information content (AvgIpc) is 2.87. The summed E-state index contributed by atoms with van der Waals surface area (Å²) in [6.45, 7) is 5.28. The van der Waals surface area contributed by atoms with Crippen molar-refractivity contribution in [3.63, 3.8) is 0 Å². The molecular weight excluding hydrogens is 444 g/mol. The minimum Gasteiger partial charge on any atom is -0.363 e. The number of nitrogens with one attached hydrogen (secondary N) is 1. The largest absolute Gasteiger partial charge is 0.363 e. The molecule has 35 heavy (non-hydrogen) atoms. The Labute approximate surface area is 205 Å². The number of nitrogens with zero attached hydrogens (tertiary/aromatic N) is 3. The molecule has 1 atom stereocenters. The van der Waals surface area contributed by atoms with E-state index in [9.17, 15) is 14.4 Å². The third-order valence-electron chi connectivity index (χ3n) is 7.48. The van der Waals surface area contributed by atoms with Gasteiger partial charge in [-0.25, -0.2) is 0 Å². The van der Waals surface area contributed by atoms with Crippen molar-refractivity contribution in [2.75, 3.05) is 49.5 Å². The average molecular weight is 477 g/mol. The summed E-state index contributed by atoms with van der Waals surface area (Å²) < 4.78 is 6.12. The highest BCUT2D eigenvalue weighted by molar-refractivity contribution is 6.10. The fourth-order valence-electron chi connectivity index (χ4n) is 5.46. The molecule has 3 aliphatic rings. The normalized spacial score (nSPS) is 23.7. The molecular formula is C27H32N4O4. The fraction of sp³-hybridized carbons (Fsp3) is 0.444. The summed E-state index contributed by atoms with van der Waals surface area (Å²) in [7, 11) is 0. The molecule has 2 fully saturated rings. The molecule has 8 heteroatoms. The molecule has 2 aromatic rings. The standard InChI is InChI=1S/C27H32N4O4/c1-27(19-30(26(34)18-35-27)15-20-7-3-2-4-8-20)21-11-13-29(14-12-21)17-25(33)31-16-24(32)28-22-9-5-6-10-23(22)31/h2-10,21H,11-19H2,1H3,(H,28,32)/t27-/m1/s1. The Bertz CT molecular complexity index is 1100.